The second-order valence-corrected chi connectivity index (χ2v) is 17.3. The van der Waals surface area contributed by atoms with Crippen LogP contribution >= 0.6 is 0 Å². The molecule has 0 aliphatic carbocycles. The standard InChI is InChI=1S/C49H97NO3/c50-48(51)46-44-42-40-38-36-34-32-30-28-26-24-22-20-18-16-14-12-10-8-6-4-2-1-3-5-7-9-11-13-15-17-19-21-23-25-27-29-31-33-35-37-39-41-43-45-47-49(52)53/h1-47H2,(H2,50,51)(H,52,53). The van der Waals surface area contributed by atoms with Crippen molar-refractivity contribution in [2.45, 2.75) is 302 Å². The Hall–Kier alpha value is -1.06. The predicted octanol–water partition coefficient (Wildman–Crippen LogP) is 16.9. The normalized spacial score (nSPS) is 11.5. The largest absolute Gasteiger partial charge is 0.481 e. The van der Waals surface area contributed by atoms with Gasteiger partial charge in [-0.2, -0.15) is 0 Å². The average molecular weight is 748 g/mol. The molecule has 0 heterocycles. The van der Waals surface area contributed by atoms with Gasteiger partial charge in [0.1, 0.15) is 0 Å². The van der Waals surface area contributed by atoms with Crippen molar-refractivity contribution in [2.24, 2.45) is 5.73 Å². The number of carbonyl (C=O) groups excluding carboxylic acids is 1. The van der Waals surface area contributed by atoms with E-state index in [-0.39, 0.29) is 5.91 Å². The van der Waals surface area contributed by atoms with Crippen LogP contribution in [0.1, 0.15) is 302 Å². The first kappa shape index (κ1) is 51.9. The Kier molecular flexibility index (Phi) is 46.2. The molecule has 0 fully saturated rings. The highest BCUT2D eigenvalue weighted by Crippen LogP contribution is 2.18. The van der Waals surface area contributed by atoms with Gasteiger partial charge < -0.3 is 10.8 Å². The van der Waals surface area contributed by atoms with E-state index in [1.54, 1.807) is 0 Å². The minimum absolute atomic E-state index is 0.150. The fourth-order valence-corrected chi connectivity index (χ4v) is 8.18. The zero-order valence-corrected chi connectivity index (χ0v) is 36.1. The fourth-order valence-electron chi connectivity index (χ4n) is 8.18. The van der Waals surface area contributed by atoms with Gasteiger partial charge in [0, 0.05) is 12.8 Å². The van der Waals surface area contributed by atoms with Crippen molar-refractivity contribution in [2.75, 3.05) is 0 Å². The Labute approximate surface area is 333 Å². The third-order valence-corrected chi connectivity index (χ3v) is 11.8. The van der Waals surface area contributed by atoms with Crippen LogP contribution in [0.3, 0.4) is 0 Å². The van der Waals surface area contributed by atoms with Crippen molar-refractivity contribution in [1.29, 1.82) is 0 Å². The summed E-state index contributed by atoms with van der Waals surface area (Å²) in [6.45, 7) is 0. The summed E-state index contributed by atoms with van der Waals surface area (Å²) >= 11 is 0. The predicted molar refractivity (Wildman–Crippen MR) is 234 cm³/mol. The van der Waals surface area contributed by atoms with Crippen molar-refractivity contribution in [1.82, 2.24) is 0 Å². The molecule has 0 aromatic rings. The first-order valence-electron chi connectivity index (χ1n) is 24.6. The zero-order chi connectivity index (χ0) is 38.4. The minimum Gasteiger partial charge on any atom is -0.481 e. The molecular formula is C49H97NO3. The van der Waals surface area contributed by atoms with Gasteiger partial charge >= 0.3 is 5.97 Å². The number of carbonyl (C=O) groups is 2. The van der Waals surface area contributed by atoms with Gasteiger partial charge in [0.2, 0.25) is 5.91 Å². The van der Waals surface area contributed by atoms with Crippen LogP contribution in [0.15, 0.2) is 0 Å². The third kappa shape index (κ3) is 50.9. The number of aliphatic carboxylic acids is 1. The molecule has 0 aromatic carbocycles. The molecule has 0 atom stereocenters. The molecular weight excluding hydrogens is 651 g/mol. The summed E-state index contributed by atoms with van der Waals surface area (Å²) in [5, 5.41) is 8.66. The Bertz CT molecular complexity index is 652. The van der Waals surface area contributed by atoms with Crippen LogP contribution in [0.4, 0.5) is 0 Å². The van der Waals surface area contributed by atoms with E-state index in [4.69, 9.17) is 10.8 Å². The first-order chi connectivity index (χ1) is 26.1. The van der Waals surface area contributed by atoms with Crippen LogP contribution in [0, 0.1) is 0 Å². The van der Waals surface area contributed by atoms with Crippen molar-refractivity contribution in [3.05, 3.63) is 0 Å². The molecule has 0 saturated carbocycles. The number of carboxylic acid groups (broad SMARTS) is 1. The molecule has 0 bridgehead atoms. The average Bonchev–Trinajstić information content (AvgIpc) is 3.14. The topological polar surface area (TPSA) is 80.4 Å². The van der Waals surface area contributed by atoms with E-state index in [0.29, 0.717) is 12.8 Å². The Morgan fingerprint density at radius 2 is 0.340 bits per heavy atom. The van der Waals surface area contributed by atoms with Crippen molar-refractivity contribution in [3.8, 4) is 0 Å². The summed E-state index contributed by atoms with van der Waals surface area (Å²) in [6.07, 6.45) is 63.5. The Morgan fingerprint density at radius 3 is 0.453 bits per heavy atom. The lowest BCUT2D eigenvalue weighted by atomic mass is 10.0. The third-order valence-electron chi connectivity index (χ3n) is 11.8. The van der Waals surface area contributed by atoms with Crippen LogP contribution in [0.5, 0.6) is 0 Å². The molecule has 0 spiro atoms. The molecule has 0 saturated heterocycles. The summed E-state index contributed by atoms with van der Waals surface area (Å²) in [5.74, 6) is -0.799. The smallest absolute Gasteiger partial charge is 0.303 e. The highest BCUT2D eigenvalue weighted by Gasteiger charge is 2.00. The van der Waals surface area contributed by atoms with E-state index in [1.807, 2.05) is 0 Å². The maximum atomic E-state index is 10.7. The van der Waals surface area contributed by atoms with E-state index in [9.17, 15) is 9.59 Å². The lowest BCUT2D eigenvalue weighted by Crippen LogP contribution is -2.09. The molecule has 3 N–H and O–H groups in total. The number of hydrogen-bond acceptors (Lipinski definition) is 2. The molecule has 316 valence electrons. The summed E-state index contributed by atoms with van der Waals surface area (Å²) in [4.78, 5) is 21.2. The molecule has 0 unspecified atom stereocenters. The van der Waals surface area contributed by atoms with Crippen LogP contribution in [-0.2, 0) is 9.59 Å². The maximum Gasteiger partial charge on any atom is 0.303 e. The molecule has 0 aliphatic heterocycles. The molecule has 4 nitrogen and oxygen atoms in total. The van der Waals surface area contributed by atoms with Gasteiger partial charge in [-0.3, -0.25) is 9.59 Å². The van der Waals surface area contributed by atoms with Crippen LogP contribution in [0.2, 0.25) is 0 Å². The molecule has 0 radical (unpaired) electrons. The maximum absolute atomic E-state index is 10.7. The van der Waals surface area contributed by atoms with E-state index in [1.165, 1.54) is 263 Å². The van der Waals surface area contributed by atoms with Gasteiger partial charge in [-0.25, -0.2) is 0 Å². The molecule has 4 heteroatoms. The number of hydrogen-bond donors (Lipinski definition) is 2. The van der Waals surface area contributed by atoms with E-state index < -0.39 is 5.97 Å². The lowest BCUT2D eigenvalue weighted by molar-refractivity contribution is -0.137. The Balaban J connectivity index is 3.06. The highest BCUT2D eigenvalue weighted by molar-refractivity contribution is 5.73. The molecule has 0 rings (SSSR count). The van der Waals surface area contributed by atoms with Crippen molar-refractivity contribution in [3.63, 3.8) is 0 Å². The summed E-state index contributed by atoms with van der Waals surface area (Å²) in [5.41, 5.74) is 5.19. The van der Waals surface area contributed by atoms with Gasteiger partial charge in [-0.05, 0) is 12.8 Å². The number of nitrogens with two attached hydrogens (primary N) is 1. The highest BCUT2D eigenvalue weighted by atomic mass is 16.4. The Morgan fingerprint density at radius 1 is 0.226 bits per heavy atom. The monoisotopic (exact) mass is 748 g/mol. The summed E-state index contributed by atoms with van der Waals surface area (Å²) in [6, 6.07) is 0. The molecule has 1 amide bonds. The molecule has 0 aromatic heterocycles. The van der Waals surface area contributed by atoms with Crippen molar-refractivity contribution >= 4 is 11.9 Å². The van der Waals surface area contributed by atoms with Crippen LogP contribution in [-0.4, -0.2) is 17.0 Å². The summed E-state index contributed by atoms with van der Waals surface area (Å²) < 4.78 is 0. The quantitative estimate of drug-likeness (QED) is 0.0608. The summed E-state index contributed by atoms with van der Waals surface area (Å²) in [7, 11) is 0. The van der Waals surface area contributed by atoms with Crippen molar-refractivity contribution < 1.29 is 14.7 Å². The van der Waals surface area contributed by atoms with E-state index >= 15 is 0 Å². The van der Waals surface area contributed by atoms with Crippen LogP contribution in [0.25, 0.3) is 0 Å². The minimum atomic E-state index is -0.649. The number of unbranched alkanes of at least 4 members (excludes halogenated alkanes) is 44. The van der Waals surface area contributed by atoms with Gasteiger partial charge in [0.15, 0.2) is 0 Å². The number of primary amides is 1. The lowest BCUT2D eigenvalue weighted by Gasteiger charge is -2.05. The van der Waals surface area contributed by atoms with E-state index in [0.717, 1.165) is 25.7 Å². The van der Waals surface area contributed by atoms with Crippen LogP contribution < -0.4 is 5.73 Å². The fraction of sp³-hybridized carbons (Fsp3) is 0.959. The van der Waals surface area contributed by atoms with E-state index in [2.05, 4.69) is 0 Å². The van der Waals surface area contributed by atoms with Gasteiger partial charge in [-0.15, -0.1) is 0 Å². The number of rotatable bonds is 48. The number of amides is 1. The van der Waals surface area contributed by atoms with Gasteiger partial charge in [0.25, 0.3) is 0 Å². The van der Waals surface area contributed by atoms with Gasteiger partial charge in [-0.1, -0.05) is 276 Å². The second kappa shape index (κ2) is 47.1. The molecule has 53 heavy (non-hydrogen) atoms. The van der Waals surface area contributed by atoms with Gasteiger partial charge in [0.05, 0.1) is 0 Å². The molecule has 0 aliphatic rings. The second-order valence-electron chi connectivity index (χ2n) is 17.3. The zero-order valence-electron chi connectivity index (χ0n) is 36.1. The SMILES string of the molecule is NC(=O)CCCCCCCCCCCCCCCCCCCCCCCCCCCCCCCCCCCCCCCCCCCCCCCC(=O)O. The number of carboxylic acids is 1. The first-order valence-corrected chi connectivity index (χ1v) is 24.6.